The summed E-state index contributed by atoms with van der Waals surface area (Å²) in [4.78, 5) is 15.8. The van der Waals surface area contributed by atoms with Gasteiger partial charge in [-0.15, -0.1) is 0 Å². The highest BCUT2D eigenvalue weighted by Gasteiger charge is 2.46. The van der Waals surface area contributed by atoms with Crippen LogP contribution in [0, 0.1) is 5.92 Å². The lowest BCUT2D eigenvalue weighted by Crippen LogP contribution is -2.51. The van der Waals surface area contributed by atoms with Crippen LogP contribution in [0.15, 0.2) is 11.5 Å². The van der Waals surface area contributed by atoms with Crippen LogP contribution in [0.1, 0.15) is 25.7 Å². The quantitative estimate of drug-likeness (QED) is 0.611. The average Bonchev–Trinajstić information content (AvgIpc) is 3.00. The molecular formula is C11H18N4O2S. The summed E-state index contributed by atoms with van der Waals surface area (Å²) in [5, 5.41) is 7.38. The molecule has 2 rings (SSSR count). The van der Waals surface area contributed by atoms with E-state index in [0.29, 0.717) is 0 Å². The van der Waals surface area contributed by atoms with Gasteiger partial charge in [-0.1, -0.05) is 18.2 Å². The first-order chi connectivity index (χ1) is 8.66. The summed E-state index contributed by atoms with van der Waals surface area (Å²) in [5.41, 5.74) is 5.40. The first-order valence-electron chi connectivity index (χ1n) is 6.02. The maximum absolute atomic E-state index is 11.8. The third-order valence-electron chi connectivity index (χ3n) is 3.53. The number of thioether (sulfide) groups is 1. The van der Waals surface area contributed by atoms with Crippen LogP contribution in [0.5, 0.6) is 0 Å². The Bertz CT molecular complexity index is 398. The molecular weight excluding hydrogens is 252 g/mol. The Balaban J connectivity index is 1.86. The number of carbonyl (C=O) groups excluding carboxylic acids is 1. The van der Waals surface area contributed by atoms with Crippen molar-refractivity contribution in [2.75, 3.05) is 12.9 Å². The minimum Gasteiger partial charge on any atom is -0.468 e. The molecule has 0 bridgehead atoms. The molecule has 1 aromatic rings. The molecule has 18 heavy (non-hydrogen) atoms. The molecule has 0 spiro atoms. The van der Waals surface area contributed by atoms with Gasteiger partial charge in [-0.25, -0.2) is 4.98 Å². The summed E-state index contributed by atoms with van der Waals surface area (Å²) in [5.74, 6) is 0.783. The topological polar surface area (TPSA) is 93.9 Å². The predicted octanol–water partition coefficient (Wildman–Crippen LogP) is 0.957. The number of aromatic amines is 1. The fourth-order valence-corrected chi connectivity index (χ4v) is 3.36. The molecule has 3 N–H and O–H groups in total. The Labute approximate surface area is 110 Å². The summed E-state index contributed by atoms with van der Waals surface area (Å²) in [6, 6.07) is 0. The molecule has 0 amide bonds. The first-order valence-corrected chi connectivity index (χ1v) is 7.01. The Morgan fingerprint density at radius 3 is 3.28 bits per heavy atom. The van der Waals surface area contributed by atoms with Gasteiger partial charge < -0.3 is 10.5 Å². The molecule has 7 heteroatoms. The van der Waals surface area contributed by atoms with Crippen molar-refractivity contribution in [3.05, 3.63) is 6.33 Å². The second-order valence-electron chi connectivity index (χ2n) is 4.55. The number of methoxy groups -OCH3 is 1. The number of aromatic nitrogens is 3. The summed E-state index contributed by atoms with van der Waals surface area (Å²) in [6.07, 6.45) is 5.07. The number of carbonyl (C=O) groups is 1. The Kier molecular flexibility index (Phi) is 4.23. The molecule has 1 aliphatic carbocycles. The van der Waals surface area contributed by atoms with E-state index < -0.39 is 5.54 Å². The molecule has 1 heterocycles. The molecule has 6 nitrogen and oxygen atoms in total. The van der Waals surface area contributed by atoms with Crippen molar-refractivity contribution >= 4 is 17.7 Å². The number of hydrogen-bond acceptors (Lipinski definition) is 6. The maximum Gasteiger partial charge on any atom is 0.326 e. The second-order valence-corrected chi connectivity index (χ2v) is 5.63. The van der Waals surface area contributed by atoms with Gasteiger partial charge in [0.1, 0.15) is 11.9 Å². The van der Waals surface area contributed by atoms with Gasteiger partial charge in [0.05, 0.1) is 7.11 Å². The number of esters is 1. The number of nitrogens with zero attached hydrogens (tertiary/aromatic N) is 2. The largest absolute Gasteiger partial charge is 0.468 e. The van der Waals surface area contributed by atoms with E-state index in [1.165, 1.54) is 13.4 Å². The third-order valence-corrected chi connectivity index (χ3v) is 4.44. The molecule has 1 fully saturated rings. The normalized spacial score (nSPS) is 27.3. The van der Waals surface area contributed by atoms with E-state index in [9.17, 15) is 4.79 Å². The Hall–Kier alpha value is -1.08. The molecule has 0 saturated heterocycles. The van der Waals surface area contributed by atoms with E-state index in [1.807, 2.05) is 0 Å². The zero-order valence-electron chi connectivity index (χ0n) is 10.4. The van der Waals surface area contributed by atoms with Crippen molar-refractivity contribution in [3.63, 3.8) is 0 Å². The van der Waals surface area contributed by atoms with Gasteiger partial charge in [-0.05, 0) is 25.2 Å². The number of ether oxygens (including phenoxy) is 1. The van der Waals surface area contributed by atoms with Crippen LogP contribution in [-0.2, 0) is 9.53 Å². The van der Waals surface area contributed by atoms with Gasteiger partial charge in [-0.3, -0.25) is 9.89 Å². The monoisotopic (exact) mass is 270 g/mol. The zero-order chi connectivity index (χ0) is 13.0. The standard InChI is InChI=1S/C11H18N4O2S/c1-17-9(16)11(12)5-2-3-8(11)4-6-18-10-13-7-14-15-10/h7-8H,2-6,12H2,1H3,(H,13,14,15). The smallest absolute Gasteiger partial charge is 0.326 e. The molecule has 0 radical (unpaired) electrons. The van der Waals surface area contributed by atoms with Gasteiger partial charge >= 0.3 is 5.97 Å². The lowest BCUT2D eigenvalue weighted by atomic mass is 9.86. The Morgan fingerprint density at radius 1 is 1.78 bits per heavy atom. The fraction of sp³-hybridized carbons (Fsp3) is 0.727. The van der Waals surface area contributed by atoms with Crippen molar-refractivity contribution < 1.29 is 9.53 Å². The van der Waals surface area contributed by atoms with Crippen LogP contribution < -0.4 is 5.73 Å². The molecule has 0 aliphatic heterocycles. The molecule has 1 saturated carbocycles. The number of nitrogens with two attached hydrogens (primary N) is 1. The minimum absolute atomic E-state index is 0.195. The van der Waals surface area contributed by atoms with Gasteiger partial charge in [0.25, 0.3) is 0 Å². The van der Waals surface area contributed by atoms with E-state index in [4.69, 9.17) is 10.5 Å². The van der Waals surface area contributed by atoms with E-state index in [-0.39, 0.29) is 11.9 Å². The number of hydrogen-bond donors (Lipinski definition) is 2. The number of rotatable bonds is 5. The van der Waals surface area contributed by atoms with Crippen molar-refractivity contribution in [3.8, 4) is 0 Å². The lowest BCUT2D eigenvalue weighted by molar-refractivity contribution is -0.148. The summed E-state index contributed by atoms with van der Waals surface area (Å²) >= 11 is 1.60. The minimum atomic E-state index is -0.795. The third kappa shape index (κ3) is 2.67. The van der Waals surface area contributed by atoms with Crippen molar-refractivity contribution in [1.82, 2.24) is 15.2 Å². The molecule has 1 aliphatic rings. The van der Waals surface area contributed by atoms with Crippen LogP contribution in [0.25, 0.3) is 0 Å². The number of H-pyrrole nitrogens is 1. The van der Waals surface area contributed by atoms with Crippen molar-refractivity contribution in [2.24, 2.45) is 11.7 Å². The summed E-state index contributed by atoms with van der Waals surface area (Å²) in [7, 11) is 1.40. The molecule has 0 aromatic carbocycles. The van der Waals surface area contributed by atoms with E-state index in [2.05, 4.69) is 15.2 Å². The average molecular weight is 270 g/mol. The maximum atomic E-state index is 11.8. The van der Waals surface area contributed by atoms with Crippen LogP contribution in [0.4, 0.5) is 0 Å². The van der Waals surface area contributed by atoms with E-state index in [0.717, 1.165) is 36.6 Å². The van der Waals surface area contributed by atoms with E-state index >= 15 is 0 Å². The van der Waals surface area contributed by atoms with Gasteiger partial charge in [0, 0.05) is 5.75 Å². The molecule has 2 atom stereocenters. The molecule has 2 unspecified atom stereocenters. The van der Waals surface area contributed by atoms with Gasteiger partial charge in [0.2, 0.25) is 0 Å². The first kappa shape index (κ1) is 13.4. The SMILES string of the molecule is COC(=O)C1(N)CCCC1CCSc1ncn[nH]1. The highest BCUT2D eigenvalue weighted by atomic mass is 32.2. The van der Waals surface area contributed by atoms with Crippen LogP contribution >= 0.6 is 11.8 Å². The van der Waals surface area contributed by atoms with Crippen LogP contribution in [0.3, 0.4) is 0 Å². The zero-order valence-corrected chi connectivity index (χ0v) is 11.2. The van der Waals surface area contributed by atoms with Gasteiger partial charge in [-0.2, -0.15) is 5.10 Å². The summed E-state index contributed by atoms with van der Waals surface area (Å²) in [6.45, 7) is 0. The van der Waals surface area contributed by atoms with Gasteiger partial charge in [0.15, 0.2) is 5.16 Å². The summed E-state index contributed by atoms with van der Waals surface area (Å²) < 4.78 is 4.82. The second kappa shape index (κ2) is 5.71. The molecule has 100 valence electrons. The Morgan fingerprint density at radius 2 is 2.61 bits per heavy atom. The van der Waals surface area contributed by atoms with Crippen molar-refractivity contribution in [1.29, 1.82) is 0 Å². The highest BCUT2D eigenvalue weighted by Crippen LogP contribution is 2.37. The number of nitrogens with one attached hydrogen (secondary N) is 1. The highest BCUT2D eigenvalue weighted by molar-refractivity contribution is 7.99. The van der Waals surface area contributed by atoms with Crippen molar-refractivity contribution in [2.45, 2.75) is 36.4 Å². The molecule has 1 aromatic heterocycles. The fourth-order valence-electron chi connectivity index (χ4n) is 2.52. The predicted molar refractivity (Wildman–Crippen MR) is 68.0 cm³/mol. The van der Waals surface area contributed by atoms with Crippen LogP contribution in [0.2, 0.25) is 0 Å². The van der Waals surface area contributed by atoms with E-state index in [1.54, 1.807) is 11.8 Å². The van der Waals surface area contributed by atoms with Crippen LogP contribution in [-0.4, -0.2) is 39.6 Å². The lowest BCUT2D eigenvalue weighted by Gasteiger charge is -2.28.